The Morgan fingerprint density at radius 2 is 1.91 bits per heavy atom. The van der Waals surface area contributed by atoms with E-state index < -0.39 is 5.82 Å². The second kappa shape index (κ2) is 9.02. The largest absolute Gasteiger partial charge is 0.373 e. The van der Waals surface area contributed by atoms with E-state index >= 15 is 0 Å². The van der Waals surface area contributed by atoms with Crippen molar-refractivity contribution >= 4 is 17.2 Å². The van der Waals surface area contributed by atoms with Gasteiger partial charge in [0.2, 0.25) is 5.56 Å². The van der Waals surface area contributed by atoms with Gasteiger partial charge in [0.1, 0.15) is 11.5 Å². The minimum atomic E-state index is -0.536. The van der Waals surface area contributed by atoms with Gasteiger partial charge >= 0.3 is 0 Å². The summed E-state index contributed by atoms with van der Waals surface area (Å²) in [5.74, 6) is -0.579. The first-order valence-corrected chi connectivity index (χ1v) is 11.7. The maximum atomic E-state index is 15.0. The van der Waals surface area contributed by atoms with Crippen LogP contribution in [0.15, 0.2) is 52.3 Å². The van der Waals surface area contributed by atoms with Crippen molar-refractivity contribution in [1.29, 1.82) is 0 Å². The Morgan fingerprint density at radius 1 is 1.11 bits per heavy atom. The lowest BCUT2D eigenvalue weighted by Gasteiger charge is -2.30. The Balaban J connectivity index is 1.65. The molecule has 0 unspecified atom stereocenters. The summed E-state index contributed by atoms with van der Waals surface area (Å²) in [4.78, 5) is 34.4. The summed E-state index contributed by atoms with van der Waals surface area (Å²) in [6.07, 6.45) is 4.55. The molecule has 4 heterocycles. The molecule has 180 valence electrons. The predicted octanol–water partition coefficient (Wildman–Crippen LogP) is 4.50. The highest BCUT2D eigenvalue weighted by Crippen LogP contribution is 2.38. The van der Waals surface area contributed by atoms with Crippen molar-refractivity contribution in [3.8, 4) is 11.3 Å². The van der Waals surface area contributed by atoms with Crippen LogP contribution in [0.2, 0.25) is 5.02 Å². The lowest BCUT2D eigenvalue weighted by molar-refractivity contribution is 0.00422. The molecule has 0 saturated carbocycles. The van der Waals surface area contributed by atoms with Crippen LogP contribution in [0, 0.1) is 19.7 Å². The lowest BCUT2D eigenvalue weighted by atomic mass is 9.90. The molecule has 5 rings (SSSR count). The molecule has 0 amide bonds. The van der Waals surface area contributed by atoms with Gasteiger partial charge in [0, 0.05) is 59.9 Å². The van der Waals surface area contributed by atoms with Crippen LogP contribution in [0.25, 0.3) is 16.9 Å². The average molecular weight is 495 g/mol. The summed E-state index contributed by atoms with van der Waals surface area (Å²) in [5.41, 5.74) is 3.16. The van der Waals surface area contributed by atoms with Gasteiger partial charge in [0.15, 0.2) is 5.65 Å². The molecule has 1 fully saturated rings. The molecule has 1 aliphatic rings. The fourth-order valence-electron chi connectivity index (χ4n) is 4.52. The number of fused-ring (bicyclic) bond motifs is 1. The Morgan fingerprint density at radius 3 is 2.66 bits per heavy atom. The van der Waals surface area contributed by atoms with Crippen LogP contribution in [0.3, 0.4) is 0 Å². The van der Waals surface area contributed by atoms with Crippen molar-refractivity contribution in [2.45, 2.75) is 38.7 Å². The van der Waals surface area contributed by atoms with Gasteiger partial charge in [-0.05, 0) is 56.5 Å². The second-order valence-electron chi connectivity index (χ2n) is 8.95. The lowest BCUT2D eigenvalue weighted by Crippen LogP contribution is -2.25. The van der Waals surface area contributed by atoms with E-state index in [-0.39, 0.29) is 33.7 Å². The molecule has 1 aliphatic heterocycles. The number of rotatable bonds is 3. The zero-order valence-electron chi connectivity index (χ0n) is 19.6. The van der Waals surface area contributed by atoms with E-state index in [1.165, 1.54) is 21.1 Å². The molecule has 35 heavy (non-hydrogen) atoms. The van der Waals surface area contributed by atoms with Crippen LogP contribution >= 0.6 is 11.6 Å². The van der Waals surface area contributed by atoms with E-state index in [1.807, 2.05) is 0 Å². The number of benzene rings is 1. The topological polar surface area (TPSA) is 78.5 Å². The molecule has 3 aromatic heterocycles. The van der Waals surface area contributed by atoms with Crippen molar-refractivity contribution in [3.05, 3.63) is 96.8 Å². The summed E-state index contributed by atoms with van der Waals surface area (Å²) in [6.45, 7) is 3.97. The molecule has 2 atom stereocenters. The van der Waals surface area contributed by atoms with E-state index in [0.717, 1.165) is 5.56 Å². The van der Waals surface area contributed by atoms with Gasteiger partial charge in [0.25, 0.3) is 5.56 Å². The third-order valence-electron chi connectivity index (χ3n) is 6.67. The molecule has 7 nitrogen and oxygen atoms in total. The monoisotopic (exact) mass is 494 g/mol. The van der Waals surface area contributed by atoms with Crippen LogP contribution < -0.4 is 11.1 Å². The molecule has 4 aromatic rings. The van der Waals surface area contributed by atoms with E-state index in [2.05, 4.69) is 4.98 Å². The number of pyridine rings is 1. The van der Waals surface area contributed by atoms with E-state index in [0.29, 0.717) is 47.7 Å². The Hall–Kier alpha value is -3.36. The number of hydrogen-bond donors (Lipinski definition) is 0. The summed E-state index contributed by atoms with van der Waals surface area (Å²) in [5, 5.41) is 0.272. The molecule has 0 radical (unpaired) electrons. The minimum absolute atomic E-state index is 0.0435. The summed E-state index contributed by atoms with van der Waals surface area (Å²) < 4.78 is 24.0. The molecule has 0 bridgehead atoms. The fraction of sp³-hybridized carbons (Fsp3) is 0.308. The molecule has 1 saturated heterocycles. The van der Waals surface area contributed by atoms with Crippen LogP contribution in [0.5, 0.6) is 0 Å². The Kier molecular flexibility index (Phi) is 6.02. The van der Waals surface area contributed by atoms with E-state index in [4.69, 9.17) is 21.3 Å². The minimum Gasteiger partial charge on any atom is -0.373 e. The van der Waals surface area contributed by atoms with Crippen LogP contribution in [0.1, 0.15) is 47.4 Å². The normalized spacial score (nSPS) is 18.2. The van der Waals surface area contributed by atoms with Crippen molar-refractivity contribution in [2.24, 2.45) is 7.05 Å². The average Bonchev–Trinajstić information content (AvgIpc) is 2.84. The summed E-state index contributed by atoms with van der Waals surface area (Å²) in [7, 11) is 1.70. The quantitative estimate of drug-likeness (QED) is 0.419. The van der Waals surface area contributed by atoms with Crippen molar-refractivity contribution in [1.82, 2.24) is 18.9 Å². The highest BCUT2D eigenvalue weighted by Gasteiger charge is 2.28. The summed E-state index contributed by atoms with van der Waals surface area (Å²) in [6, 6.07) is 7.67. The number of nitrogens with zero attached hydrogens (tertiary/aromatic N) is 4. The third-order valence-corrected chi connectivity index (χ3v) is 6.90. The number of aryl methyl sites for hydroxylation is 2. The Bertz CT molecular complexity index is 1580. The first kappa shape index (κ1) is 23.4. The van der Waals surface area contributed by atoms with Crippen LogP contribution in [0.4, 0.5) is 4.39 Å². The van der Waals surface area contributed by atoms with Crippen molar-refractivity contribution < 1.29 is 9.13 Å². The van der Waals surface area contributed by atoms with Crippen LogP contribution in [-0.4, -0.2) is 25.5 Å². The van der Waals surface area contributed by atoms with E-state index in [1.54, 1.807) is 51.5 Å². The molecule has 9 heteroatoms. The van der Waals surface area contributed by atoms with Gasteiger partial charge < -0.3 is 9.30 Å². The van der Waals surface area contributed by atoms with Crippen molar-refractivity contribution in [2.75, 3.05) is 6.61 Å². The van der Waals surface area contributed by atoms with Gasteiger partial charge in [-0.3, -0.25) is 14.0 Å². The highest BCUT2D eigenvalue weighted by atomic mass is 35.5. The molecule has 0 aliphatic carbocycles. The smallest absolute Gasteiger partial charge is 0.261 e. The van der Waals surface area contributed by atoms with Crippen LogP contribution in [-0.2, 0) is 11.8 Å². The molecular formula is C26H24ClFN4O3. The first-order valence-electron chi connectivity index (χ1n) is 11.4. The number of halogens is 2. The molecule has 0 N–H and O–H groups in total. The standard InChI is InChI=1S/C26H24ClFN4O3/c1-14-15(2)29-25-24(19-6-5-18(27)11-20(19)28)30-21(13-32(25)26(14)34)16-8-9-35-22(10-16)17-4-7-23(33)31(3)12-17/h4-7,11-13,16,22H,8-10H2,1-3H3/t16-,22+/m0/s1. The first-order chi connectivity index (χ1) is 16.7. The zero-order chi connectivity index (χ0) is 24.9. The molecule has 1 aromatic carbocycles. The fourth-order valence-corrected chi connectivity index (χ4v) is 4.68. The SMILES string of the molecule is Cc1nc2c(-c3ccc(Cl)cc3F)nc([C@H]3CCO[C@@H](c4ccc(=O)n(C)c4)C3)cn2c(=O)c1C. The Labute approximate surface area is 205 Å². The van der Waals surface area contributed by atoms with Gasteiger partial charge in [0.05, 0.1) is 11.8 Å². The van der Waals surface area contributed by atoms with Gasteiger partial charge in [-0.2, -0.15) is 0 Å². The maximum absolute atomic E-state index is 15.0. The molecule has 0 spiro atoms. The third kappa shape index (κ3) is 4.28. The zero-order valence-corrected chi connectivity index (χ0v) is 20.3. The highest BCUT2D eigenvalue weighted by molar-refractivity contribution is 6.30. The van der Waals surface area contributed by atoms with Gasteiger partial charge in [-0.1, -0.05) is 11.6 Å². The number of aromatic nitrogens is 4. The van der Waals surface area contributed by atoms with E-state index in [9.17, 15) is 14.0 Å². The summed E-state index contributed by atoms with van der Waals surface area (Å²) >= 11 is 5.98. The second-order valence-corrected chi connectivity index (χ2v) is 9.39. The number of hydrogen-bond acceptors (Lipinski definition) is 5. The predicted molar refractivity (Wildman–Crippen MR) is 131 cm³/mol. The van der Waals surface area contributed by atoms with Gasteiger partial charge in [-0.25, -0.2) is 14.4 Å². The van der Waals surface area contributed by atoms with Gasteiger partial charge in [-0.15, -0.1) is 0 Å². The van der Waals surface area contributed by atoms with Crippen molar-refractivity contribution in [3.63, 3.8) is 0 Å². The number of ether oxygens (including phenoxy) is 1. The molecular weight excluding hydrogens is 471 g/mol. The maximum Gasteiger partial charge on any atom is 0.261 e.